The minimum absolute atomic E-state index is 0.0364. The van der Waals surface area contributed by atoms with E-state index in [0.717, 1.165) is 25.8 Å². The highest BCUT2D eigenvalue weighted by molar-refractivity contribution is 5.86. The van der Waals surface area contributed by atoms with Crippen molar-refractivity contribution in [3.63, 3.8) is 0 Å². The third-order valence-corrected chi connectivity index (χ3v) is 3.40. The van der Waals surface area contributed by atoms with Crippen molar-refractivity contribution in [1.29, 1.82) is 0 Å². The van der Waals surface area contributed by atoms with Crippen LogP contribution in [0.3, 0.4) is 0 Å². The van der Waals surface area contributed by atoms with E-state index in [-0.39, 0.29) is 11.8 Å². The number of rotatable bonds is 1. The molecule has 0 bridgehead atoms. The third kappa shape index (κ3) is 1.52. The molecule has 1 aliphatic carbocycles. The van der Waals surface area contributed by atoms with E-state index in [9.17, 15) is 4.79 Å². The molecule has 3 rings (SSSR count). The van der Waals surface area contributed by atoms with Crippen molar-refractivity contribution in [3.8, 4) is 0 Å². The Kier molecular flexibility index (Phi) is 2.40. The summed E-state index contributed by atoms with van der Waals surface area (Å²) in [5, 5.41) is 1.56. The maximum absolute atomic E-state index is 12.1. The fourth-order valence-electron chi connectivity index (χ4n) is 2.42. The van der Waals surface area contributed by atoms with Crippen molar-refractivity contribution >= 4 is 5.91 Å². The first-order valence-electron chi connectivity index (χ1n) is 5.88. The second kappa shape index (κ2) is 3.91. The molecule has 0 spiro atoms. The van der Waals surface area contributed by atoms with Gasteiger partial charge >= 0.3 is 0 Å². The fourth-order valence-corrected chi connectivity index (χ4v) is 2.42. The fraction of sp³-hybridized carbons (Fsp3) is 0.462. The van der Waals surface area contributed by atoms with Gasteiger partial charge in [-0.15, -0.1) is 0 Å². The van der Waals surface area contributed by atoms with E-state index in [1.165, 1.54) is 11.1 Å². The van der Waals surface area contributed by atoms with Gasteiger partial charge in [-0.1, -0.05) is 24.3 Å². The molecule has 1 saturated heterocycles. The second-order valence-electron chi connectivity index (χ2n) is 4.44. The van der Waals surface area contributed by atoms with Crippen molar-refractivity contribution in [2.24, 2.45) is 0 Å². The van der Waals surface area contributed by atoms with Crippen LogP contribution in [0.15, 0.2) is 24.3 Å². The van der Waals surface area contributed by atoms with Gasteiger partial charge in [-0.25, -0.2) is 5.06 Å². The average molecular weight is 217 g/mol. The standard InChI is InChI=1S/C13H15NO2/c15-13(14-7-3-4-8-16-14)12-9-10-5-1-2-6-11(10)12/h1-2,5-6,12H,3-4,7-9H2. The van der Waals surface area contributed by atoms with Crippen LogP contribution in [0, 0.1) is 0 Å². The van der Waals surface area contributed by atoms with E-state index in [0.29, 0.717) is 6.61 Å². The van der Waals surface area contributed by atoms with Gasteiger partial charge in [0.2, 0.25) is 0 Å². The van der Waals surface area contributed by atoms with Gasteiger partial charge in [0, 0.05) is 6.54 Å². The maximum Gasteiger partial charge on any atom is 0.253 e. The smallest absolute Gasteiger partial charge is 0.253 e. The lowest BCUT2D eigenvalue weighted by atomic mass is 9.77. The molecule has 1 fully saturated rings. The minimum atomic E-state index is 0.0364. The Morgan fingerprint density at radius 3 is 2.94 bits per heavy atom. The highest BCUT2D eigenvalue weighted by Crippen LogP contribution is 2.36. The molecule has 1 heterocycles. The van der Waals surface area contributed by atoms with E-state index >= 15 is 0 Å². The van der Waals surface area contributed by atoms with Crippen LogP contribution in [-0.4, -0.2) is 24.1 Å². The molecular formula is C13H15NO2. The molecule has 0 radical (unpaired) electrons. The number of carbonyl (C=O) groups is 1. The summed E-state index contributed by atoms with van der Waals surface area (Å²) in [7, 11) is 0. The van der Waals surface area contributed by atoms with Gasteiger partial charge in [-0.05, 0) is 30.4 Å². The SMILES string of the molecule is O=C(C1Cc2ccccc21)N1CCCCO1. The van der Waals surface area contributed by atoms with E-state index in [2.05, 4.69) is 6.07 Å². The topological polar surface area (TPSA) is 29.5 Å². The number of carbonyl (C=O) groups excluding carboxylic acids is 1. The van der Waals surface area contributed by atoms with Crippen molar-refractivity contribution in [2.75, 3.05) is 13.2 Å². The monoisotopic (exact) mass is 217 g/mol. The lowest BCUT2D eigenvalue weighted by Crippen LogP contribution is -2.42. The molecule has 0 aromatic heterocycles. The van der Waals surface area contributed by atoms with Gasteiger partial charge in [-0.3, -0.25) is 9.63 Å². The molecule has 1 aromatic rings. The van der Waals surface area contributed by atoms with Crippen LogP contribution in [0.5, 0.6) is 0 Å². The lowest BCUT2D eigenvalue weighted by molar-refractivity contribution is -0.199. The molecule has 3 nitrogen and oxygen atoms in total. The largest absolute Gasteiger partial charge is 0.272 e. The molecule has 1 atom stereocenters. The van der Waals surface area contributed by atoms with Crippen molar-refractivity contribution in [1.82, 2.24) is 5.06 Å². The van der Waals surface area contributed by atoms with Crippen LogP contribution >= 0.6 is 0 Å². The number of hydrogen-bond acceptors (Lipinski definition) is 2. The zero-order valence-electron chi connectivity index (χ0n) is 9.19. The number of hydroxylamine groups is 2. The predicted molar refractivity (Wildman–Crippen MR) is 59.8 cm³/mol. The summed E-state index contributed by atoms with van der Waals surface area (Å²) < 4.78 is 0. The summed E-state index contributed by atoms with van der Waals surface area (Å²) in [5.41, 5.74) is 2.49. The van der Waals surface area contributed by atoms with Crippen LogP contribution in [0.25, 0.3) is 0 Å². The number of amides is 1. The molecule has 2 aliphatic rings. The zero-order valence-corrected chi connectivity index (χ0v) is 9.19. The van der Waals surface area contributed by atoms with Crippen LogP contribution in [0.1, 0.15) is 29.9 Å². The van der Waals surface area contributed by atoms with E-state index < -0.39 is 0 Å². The first-order valence-corrected chi connectivity index (χ1v) is 5.88. The number of fused-ring (bicyclic) bond motifs is 1. The average Bonchev–Trinajstić information content (AvgIpc) is 2.32. The predicted octanol–water partition coefficient (Wildman–Crippen LogP) is 1.88. The third-order valence-electron chi connectivity index (χ3n) is 3.40. The van der Waals surface area contributed by atoms with Gasteiger partial charge in [0.15, 0.2) is 0 Å². The molecular weight excluding hydrogens is 202 g/mol. The van der Waals surface area contributed by atoms with Gasteiger partial charge in [0.05, 0.1) is 12.5 Å². The first-order chi connectivity index (χ1) is 7.86. The Hall–Kier alpha value is -1.35. The molecule has 1 aromatic carbocycles. The van der Waals surface area contributed by atoms with Crippen molar-refractivity contribution in [2.45, 2.75) is 25.2 Å². The second-order valence-corrected chi connectivity index (χ2v) is 4.44. The summed E-state index contributed by atoms with van der Waals surface area (Å²) >= 11 is 0. The Morgan fingerprint density at radius 1 is 1.31 bits per heavy atom. The van der Waals surface area contributed by atoms with Crippen LogP contribution < -0.4 is 0 Å². The quantitative estimate of drug-likeness (QED) is 0.718. The van der Waals surface area contributed by atoms with E-state index in [1.807, 2.05) is 18.2 Å². The lowest BCUT2D eigenvalue weighted by Gasteiger charge is -2.34. The number of benzene rings is 1. The van der Waals surface area contributed by atoms with Crippen LogP contribution in [0.2, 0.25) is 0 Å². The number of nitrogens with zero attached hydrogens (tertiary/aromatic N) is 1. The summed E-state index contributed by atoms with van der Waals surface area (Å²) in [5.74, 6) is 0.174. The molecule has 3 heteroatoms. The molecule has 0 N–H and O–H groups in total. The van der Waals surface area contributed by atoms with Crippen molar-refractivity contribution < 1.29 is 9.63 Å². The highest BCUT2D eigenvalue weighted by atomic mass is 16.7. The van der Waals surface area contributed by atoms with Crippen molar-refractivity contribution in [3.05, 3.63) is 35.4 Å². The van der Waals surface area contributed by atoms with Gasteiger partial charge in [-0.2, -0.15) is 0 Å². The summed E-state index contributed by atoms with van der Waals surface area (Å²) in [6, 6.07) is 8.16. The normalized spacial score (nSPS) is 23.5. The van der Waals surface area contributed by atoms with Crippen LogP contribution in [0.4, 0.5) is 0 Å². The Morgan fingerprint density at radius 2 is 2.19 bits per heavy atom. The number of hydrogen-bond donors (Lipinski definition) is 0. The summed E-state index contributed by atoms with van der Waals surface area (Å²) in [4.78, 5) is 17.5. The Labute approximate surface area is 95.0 Å². The van der Waals surface area contributed by atoms with Gasteiger partial charge < -0.3 is 0 Å². The molecule has 0 saturated carbocycles. The van der Waals surface area contributed by atoms with E-state index in [1.54, 1.807) is 5.06 Å². The minimum Gasteiger partial charge on any atom is -0.272 e. The Bertz CT molecular complexity index is 410. The van der Waals surface area contributed by atoms with Gasteiger partial charge in [0.1, 0.15) is 0 Å². The molecule has 1 unspecified atom stereocenters. The first kappa shape index (κ1) is 9.85. The van der Waals surface area contributed by atoms with Crippen LogP contribution in [-0.2, 0) is 16.1 Å². The van der Waals surface area contributed by atoms with Gasteiger partial charge in [0.25, 0.3) is 5.91 Å². The molecule has 1 aliphatic heterocycles. The molecule has 16 heavy (non-hydrogen) atoms. The van der Waals surface area contributed by atoms with E-state index in [4.69, 9.17) is 4.84 Å². The summed E-state index contributed by atoms with van der Waals surface area (Å²) in [6.07, 6.45) is 2.99. The highest BCUT2D eigenvalue weighted by Gasteiger charge is 2.35. The Balaban J connectivity index is 1.73. The maximum atomic E-state index is 12.1. The molecule has 84 valence electrons. The zero-order chi connectivity index (χ0) is 11.0. The summed E-state index contributed by atoms with van der Waals surface area (Å²) in [6.45, 7) is 1.43. The molecule has 1 amide bonds.